The number of hydrogen-bond acceptors (Lipinski definition) is 3. The van der Waals surface area contributed by atoms with E-state index in [2.05, 4.69) is 17.6 Å². The molecular formula is C20H28N2O3. The van der Waals surface area contributed by atoms with Gasteiger partial charge in [0, 0.05) is 18.5 Å². The summed E-state index contributed by atoms with van der Waals surface area (Å²) >= 11 is 0. The summed E-state index contributed by atoms with van der Waals surface area (Å²) in [5, 5.41) is 6.19. The molecule has 2 amide bonds. The van der Waals surface area contributed by atoms with Crippen molar-refractivity contribution in [3.05, 3.63) is 29.8 Å². The van der Waals surface area contributed by atoms with Crippen molar-refractivity contribution in [3.63, 3.8) is 0 Å². The predicted molar refractivity (Wildman–Crippen MR) is 96.3 cm³/mol. The Kier molecular flexibility index (Phi) is 5.61. The molecule has 5 heteroatoms. The third kappa shape index (κ3) is 4.53. The molecule has 2 fully saturated rings. The highest BCUT2D eigenvalue weighted by molar-refractivity contribution is 5.78. The van der Waals surface area contributed by atoms with Crippen LogP contribution in [-0.4, -0.2) is 30.5 Å². The van der Waals surface area contributed by atoms with Crippen LogP contribution < -0.4 is 15.4 Å². The Morgan fingerprint density at radius 3 is 2.76 bits per heavy atom. The molecule has 2 N–H and O–H groups in total. The highest BCUT2D eigenvalue weighted by Gasteiger charge is 2.40. The monoisotopic (exact) mass is 344 g/mol. The maximum absolute atomic E-state index is 12.2. The SMILES string of the molecule is CCC1CC(=O)NC2CC(NC(=O)COc3ccc(C)cc3)CCC12. The van der Waals surface area contributed by atoms with Crippen LogP contribution in [0.4, 0.5) is 0 Å². The van der Waals surface area contributed by atoms with Crippen LogP contribution in [-0.2, 0) is 9.59 Å². The quantitative estimate of drug-likeness (QED) is 0.863. The largest absolute Gasteiger partial charge is 0.484 e. The van der Waals surface area contributed by atoms with Crippen LogP contribution in [0.25, 0.3) is 0 Å². The summed E-state index contributed by atoms with van der Waals surface area (Å²) in [7, 11) is 0. The minimum Gasteiger partial charge on any atom is -0.484 e. The van der Waals surface area contributed by atoms with Gasteiger partial charge >= 0.3 is 0 Å². The molecule has 4 atom stereocenters. The first-order valence-electron chi connectivity index (χ1n) is 9.33. The van der Waals surface area contributed by atoms with Crippen molar-refractivity contribution in [3.8, 4) is 5.75 Å². The van der Waals surface area contributed by atoms with Gasteiger partial charge in [0.25, 0.3) is 5.91 Å². The third-order valence-electron chi connectivity index (χ3n) is 5.58. The van der Waals surface area contributed by atoms with E-state index in [4.69, 9.17) is 4.74 Å². The fraction of sp³-hybridized carbons (Fsp3) is 0.600. The Bertz CT molecular complexity index is 614. The van der Waals surface area contributed by atoms with Gasteiger partial charge in [0.1, 0.15) is 5.75 Å². The topological polar surface area (TPSA) is 67.4 Å². The van der Waals surface area contributed by atoms with Gasteiger partial charge in [-0.1, -0.05) is 31.0 Å². The molecule has 1 saturated heterocycles. The number of nitrogens with one attached hydrogen (secondary N) is 2. The molecule has 0 bridgehead atoms. The molecule has 25 heavy (non-hydrogen) atoms. The Morgan fingerprint density at radius 2 is 2.04 bits per heavy atom. The van der Waals surface area contributed by atoms with Crippen molar-refractivity contribution >= 4 is 11.8 Å². The van der Waals surface area contributed by atoms with Crippen LogP contribution in [0.1, 0.15) is 44.6 Å². The number of ether oxygens (including phenoxy) is 1. The van der Waals surface area contributed by atoms with Crippen LogP contribution in [0, 0.1) is 18.8 Å². The van der Waals surface area contributed by atoms with Crippen LogP contribution in [0.15, 0.2) is 24.3 Å². The van der Waals surface area contributed by atoms with E-state index < -0.39 is 0 Å². The van der Waals surface area contributed by atoms with E-state index in [1.807, 2.05) is 31.2 Å². The fourth-order valence-electron chi connectivity index (χ4n) is 4.21. The zero-order valence-electron chi connectivity index (χ0n) is 15.1. The highest BCUT2D eigenvalue weighted by atomic mass is 16.5. The molecule has 5 nitrogen and oxygen atoms in total. The molecule has 1 aromatic carbocycles. The number of piperidine rings is 1. The van der Waals surface area contributed by atoms with E-state index >= 15 is 0 Å². The summed E-state index contributed by atoms with van der Waals surface area (Å²) in [5.41, 5.74) is 1.16. The van der Waals surface area contributed by atoms with Gasteiger partial charge in [0.2, 0.25) is 5.91 Å². The van der Waals surface area contributed by atoms with Gasteiger partial charge in [-0.3, -0.25) is 9.59 Å². The molecular weight excluding hydrogens is 316 g/mol. The standard InChI is InChI=1S/C20H28N2O3/c1-3-14-10-19(23)22-18-11-15(6-9-17(14)18)21-20(24)12-25-16-7-4-13(2)5-8-16/h4-5,7-8,14-15,17-18H,3,6,9-12H2,1-2H3,(H,21,24)(H,22,23). The molecule has 3 rings (SSSR count). The molecule has 2 aliphatic rings. The van der Waals surface area contributed by atoms with Crippen molar-refractivity contribution < 1.29 is 14.3 Å². The lowest BCUT2D eigenvalue weighted by atomic mass is 9.70. The number of carbonyl (C=O) groups excluding carboxylic acids is 2. The second-order valence-electron chi connectivity index (χ2n) is 7.39. The Morgan fingerprint density at radius 1 is 1.28 bits per heavy atom. The van der Waals surface area contributed by atoms with Gasteiger partial charge < -0.3 is 15.4 Å². The normalized spacial score (nSPS) is 28.6. The number of amides is 2. The average molecular weight is 344 g/mol. The first kappa shape index (κ1) is 17.8. The lowest BCUT2D eigenvalue weighted by Crippen LogP contribution is -2.55. The minimum absolute atomic E-state index is 0.0254. The Balaban J connectivity index is 1.48. The summed E-state index contributed by atoms with van der Waals surface area (Å²) in [4.78, 5) is 24.1. The van der Waals surface area contributed by atoms with Crippen LogP contribution >= 0.6 is 0 Å². The smallest absolute Gasteiger partial charge is 0.258 e. The van der Waals surface area contributed by atoms with Crippen LogP contribution in [0.3, 0.4) is 0 Å². The molecule has 1 aliphatic heterocycles. The van der Waals surface area contributed by atoms with E-state index in [9.17, 15) is 9.59 Å². The van der Waals surface area contributed by atoms with Crippen LogP contribution in [0.2, 0.25) is 0 Å². The summed E-state index contributed by atoms with van der Waals surface area (Å²) in [6, 6.07) is 7.98. The number of hydrogen-bond donors (Lipinski definition) is 2. The number of aryl methyl sites for hydroxylation is 1. The lowest BCUT2D eigenvalue weighted by molar-refractivity contribution is -0.127. The molecule has 136 valence electrons. The van der Waals surface area contributed by atoms with E-state index in [0.29, 0.717) is 24.0 Å². The second-order valence-corrected chi connectivity index (χ2v) is 7.39. The van der Waals surface area contributed by atoms with Crippen molar-refractivity contribution in [2.24, 2.45) is 11.8 Å². The number of benzene rings is 1. The molecule has 0 aromatic heterocycles. The van der Waals surface area contributed by atoms with E-state index in [-0.39, 0.29) is 30.5 Å². The molecule has 1 aromatic rings. The van der Waals surface area contributed by atoms with E-state index in [1.165, 1.54) is 0 Å². The molecule has 1 aliphatic carbocycles. The molecule has 0 radical (unpaired) electrons. The highest BCUT2D eigenvalue weighted by Crippen LogP contribution is 2.36. The van der Waals surface area contributed by atoms with Gasteiger partial charge in [-0.2, -0.15) is 0 Å². The number of carbonyl (C=O) groups is 2. The minimum atomic E-state index is -0.0989. The second kappa shape index (κ2) is 7.89. The van der Waals surface area contributed by atoms with E-state index in [0.717, 1.165) is 31.2 Å². The van der Waals surface area contributed by atoms with Gasteiger partial charge in [-0.25, -0.2) is 0 Å². The van der Waals surface area contributed by atoms with Crippen molar-refractivity contribution in [1.29, 1.82) is 0 Å². The lowest BCUT2D eigenvalue weighted by Gasteiger charge is -2.44. The van der Waals surface area contributed by atoms with Crippen LogP contribution in [0.5, 0.6) is 5.75 Å². The van der Waals surface area contributed by atoms with Crippen molar-refractivity contribution in [2.45, 2.75) is 58.0 Å². The maximum Gasteiger partial charge on any atom is 0.258 e. The third-order valence-corrected chi connectivity index (χ3v) is 5.58. The predicted octanol–water partition coefficient (Wildman–Crippen LogP) is 2.57. The zero-order valence-corrected chi connectivity index (χ0v) is 15.1. The first-order chi connectivity index (χ1) is 12.0. The summed E-state index contributed by atoms with van der Waals surface area (Å²) in [6.07, 6.45) is 4.56. The van der Waals surface area contributed by atoms with Crippen molar-refractivity contribution in [2.75, 3.05) is 6.61 Å². The number of fused-ring (bicyclic) bond motifs is 1. The Hall–Kier alpha value is -2.04. The van der Waals surface area contributed by atoms with Gasteiger partial charge in [-0.05, 0) is 50.2 Å². The van der Waals surface area contributed by atoms with Gasteiger partial charge in [-0.15, -0.1) is 0 Å². The van der Waals surface area contributed by atoms with Gasteiger partial charge in [0.05, 0.1) is 0 Å². The molecule has 4 unspecified atom stereocenters. The summed E-state index contributed by atoms with van der Waals surface area (Å²) in [6.45, 7) is 4.20. The summed E-state index contributed by atoms with van der Waals surface area (Å²) in [5.74, 6) is 1.80. The maximum atomic E-state index is 12.2. The van der Waals surface area contributed by atoms with Crippen molar-refractivity contribution in [1.82, 2.24) is 10.6 Å². The fourth-order valence-corrected chi connectivity index (χ4v) is 4.21. The average Bonchev–Trinajstić information content (AvgIpc) is 2.60. The number of rotatable bonds is 5. The summed E-state index contributed by atoms with van der Waals surface area (Å²) < 4.78 is 5.54. The molecule has 1 heterocycles. The van der Waals surface area contributed by atoms with Gasteiger partial charge in [0.15, 0.2) is 6.61 Å². The molecule has 1 saturated carbocycles. The molecule has 0 spiro atoms. The zero-order chi connectivity index (χ0) is 17.8. The Labute approximate surface area is 149 Å². The van der Waals surface area contributed by atoms with E-state index in [1.54, 1.807) is 0 Å². The first-order valence-corrected chi connectivity index (χ1v) is 9.33.